The van der Waals surface area contributed by atoms with Gasteiger partial charge in [0.25, 0.3) is 5.91 Å². The van der Waals surface area contributed by atoms with E-state index in [0.29, 0.717) is 22.8 Å². The third-order valence-corrected chi connectivity index (χ3v) is 5.00. The third kappa shape index (κ3) is 3.52. The number of rotatable bonds is 4. The molecule has 4 rings (SSSR count). The number of carbonyl (C=O) groups excluding carboxylic acids is 1. The average Bonchev–Trinajstić information content (AvgIpc) is 2.99. The van der Waals surface area contributed by atoms with E-state index in [1.54, 1.807) is 24.4 Å². The summed E-state index contributed by atoms with van der Waals surface area (Å²) in [6, 6.07) is 12.6. The number of nitrogens with one attached hydrogen (secondary N) is 1. The summed E-state index contributed by atoms with van der Waals surface area (Å²) in [4.78, 5) is 32.4. The van der Waals surface area contributed by atoms with E-state index in [-0.39, 0.29) is 0 Å². The summed E-state index contributed by atoms with van der Waals surface area (Å²) in [5.74, 6) is -0.792. The summed E-state index contributed by atoms with van der Waals surface area (Å²) in [5, 5.41) is 11.8. The molecular formula is C21H17ClN4O3. The van der Waals surface area contributed by atoms with Gasteiger partial charge in [-0.2, -0.15) is 0 Å². The summed E-state index contributed by atoms with van der Waals surface area (Å²) in [6.45, 7) is 1.87. The molecule has 2 aromatic carbocycles. The molecule has 1 aliphatic heterocycles. The quantitative estimate of drug-likeness (QED) is 0.693. The van der Waals surface area contributed by atoms with Crippen LogP contribution in [0.3, 0.4) is 0 Å². The van der Waals surface area contributed by atoms with Crippen molar-refractivity contribution in [3.05, 3.63) is 81.9 Å². The molecule has 29 heavy (non-hydrogen) atoms. The Hall–Kier alpha value is -3.45. The number of amides is 1. The SMILES string of the molecule is Cc1cnc2n1-c1ccc(C(=O)NCC(=O)O)cc1C(c1ccccc1Cl)=NC2. The van der Waals surface area contributed by atoms with Crippen LogP contribution in [0.5, 0.6) is 0 Å². The van der Waals surface area contributed by atoms with Gasteiger partial charge in [0.1, 0.15) is 12.4 Å². The summed E-state index contributed by atoms with van der Waals surface area (Å²) in [6.07, 6.45) is 1.78. The van der Waals surface area contributed by atoms with Crippen molar-refractivity contribution in [1.29, 1.82) is 0 Å². The molecule has 2 N–H and O–H groups in total. The second-order valence-electron chi connectivity index (χ2n) is 6.60. The average molecular weight is 409 g/mol. The van der Waals surface area contributed by atoms with Gasteiger partial charge in [-0.15, -0.1) is 0 Å². The number of nitrogens with zero attached hydrogens (tertiary/aromatic N) is 3. The highest BCUT2D eigenvalue weighted by molar-refractivity contribution is 6.35. The number of aromatic nitrogens is 2. The smallest absolute Gasteiger partial charge is 0.322 e. The second kappa shape index (κ2) is 7.52. The number of aliphatic carboxylic acids is 1. The number of hydrogen-bond acceptors (Lipinski definition) is 4. The Labute approximate surface area is 171 Å². The largest absolute Gasteiger partial charge is 0.480 e. The highest BCUT2D eigenvalue weighted by atomic mass is 35.5. The Morgan fingerprint density at radius 1 is 1.21 bits per heavy atom. The lowest BCUT2D eigenvalue weighted by Gasteiger charge is -2.15. The van der Waals surface area contributed by atoms with Crippen molar-refractivity contribution in [3.63, 3.8) is 0 Å². The van der Waals surface area contributed by atoms with Crippen LogP contribution in [-0.4, -0.2) is 38.8 Å². The molecule has 0 saturated carbocycles. The first-order chi connectivity index (χ1) is 14.0. The highest BCUT2D eigenvalue weighted by Crippen LogP contribution is 2.29. The van der Waals surface area contributed by atoms with E-state index < -0.39 is 18.4 Å². The van der Waals surface area contributed by atoms with Crippen LogP contribution >= 0.6 is 11.6 Å². The molecule has 7 nitrogen and oxygen atoms in total. The van der Waals surface area contributed by atoms with E-state index in [9.17, 15) is 9.59 Å². The number of fused-ring (bicyclic) bond motifs is 3. The number of halogens is 1. The Morgan fingerprint density at radius 2 is 2.00 bits per heavy atom. The van der Waals surface area contributed by atoms with Crippen LogP contribution in [0.25, 0.3) is 5.69 Å². The zero-order chi connectivity index (χ0) is 20.5. The first-order valence-corrected chi connectivity index (χ1v) is 9.31. The molecule has 0 unspecified atom stereocenters. The van der Waals surface area contributed by atoms with Crippen molar-refractivity contribution in [2.75, 3.05) is 6.54 Å². The molecule has 0 fully saturated rings. The number of carboxylic acids is 1. The monoisotopic (exact) mass is 408 g/mol. The molecule has 0 aliphatic carbocycles. The number of aliphatic imine (C=N–C) groups is 1. The first kappa shape index (κ1) is 18.9. The zero-order valence-electron chi connectivity index (χ0n) is 15.5. The van der Waals surface area contributed by atoms with Crippen molar-refractivity contribution in [1.82, 2.24) is 14.9 Å². The van der Waals surface area contributed by atoms with Gasteiger partial charge < -0.3 is 10.4 Å². The van der Waals surface area contributed by atoms with Gasteiger partial charge in [-0.05, 0) is 31.2 Å². The molecule has 3 aromatic rings. The Bertz CT molecular complexity index is 1170. The summed E-state index contributed by atoms with van der Waals surface area (Å²) < 4.78 is 2.00. The molecule has 1 amide bonds. The number of carbonyl (C=O) groups is 2. The minimum absolute atomic E-state index is 0.339. The van der Waals surface area contributed by atoms with Crippen molar-refractivity contribution in [2.24, 2.45) is 4.99 Å². The van der Waals surface area contributed by atoms with Gasteiger partial charge >= 0.3 is 5.97 Å². The molecule has 0 radical (unpaired) electrons. The predicted octanol–water partition coefficient (Wildman–Crippen LogP) is 3.00. The fraction of sp³-hybridized carbons (Fsp3) is 0.143. The zero-order valence-corrected chi connectivity index (χ0v) is 16.3. The fourth-order valence-electron chi connectivity index (χ4n) is 3.37. The van der Waals surface area contributed by atoms with E-state index >= 15 is 0 Å². The Kier molecular flexibility index (Phi) is 4.90. The van der Waals surface area contributed by atoms with E-state index in [0.717, 1.165) is 28.3 Å². The van der Waals surface area contributed by atoms with Crippen LogP contribution in [0, 0.1) is 6.92 Å². The van der Waals surface area contributed by atoms with Crippen molar-refractivity contribution in [2.45, 2.75) is 13.5 Å². The van der Waals surface area contributed by atoms with Crippen LogP contribution in [0.2, 0.25) is 5.02 Å². The highest BCUT2D eigenvalue weighted by Gasteiger charge is 2.23. The molecular weight excluding hydrogens is 392 g/mol. The minimum Gasteiger partial charge on any atom is -0.480 e. The number of benzene rings is 2. The Balaban J connectivity index is 1.88. The molecule has 1 aromatic heterocycles. The van der Waals surface area contributed by atoms with Crippen LogP contribution in [-0.2, 0) is 11.3 Å². The topological polar surface area (TPSA) is 96.6 Å². The van der Waals surface area contributed by atoms with Gasteiger partial charge in [0.15, 0.2) is 0 Å². The van der Waals surface area contributed by atoms with E-state index in [1.165, 1.54) is 0 Å². The molecule has 0 atom stereocenters. The minimum atomic E-state index is -1.11. The lowest BCUT2D eigenvalue weighted by atomic mass is 9.98. The maximum atomic E-state index is 12.4. The van der Waals surface area contributed by atoms with Gasteiger partial charge in [-0.1, -0.05) is 29.8 Å². The van der Waals surface area contributed by atoms with Crippen LogP contribution in [0.4, 0.5) is 0 Å². The fourth-order valence-corrected chi connectivity index (χ4v) is 3.59. The lowest BCUT2D eigenvalue weighted by molar-refractivity contribution is -0.135. The summed E-state index contributed by atoms with van der Waals surface area (Å²) >= 11 is 6.43. The standard InChI is InChI=1S/C21H17ClN4O3/c1-12-9-23-18-10-24-20(14-4-2-3-5-16(14)22)15-8-13(6-7-17(15)26(12)18)21(29)25-11-19(27)28/h2-9H,10-11H2,1H3,(H,25,29)(H,27,28). The normalized spacial score (nSPS) is 12.4. The van der Waals surface area contributed by atoms with Crippen molar-refractivity contribution >= 4 is 29.2 Å². The van der Waals surface area contributed by atoms with Gasteiger partial charge in [0, 0.05) is 33.6 Å². The number of imidazole rings is 1. The van der Waals surface area contributed by atoms with Gasteiger partial charge in [-0.25, -0.2) is 4.98 Å². The van der Waals surface area contributed by atoms with Crippen LogP contribution in [0.15, 0.2) is 53.7 Å². The van der Waals surface area contributed by atoms with E-state index in [4.69, 9.17) is 21.7 Å². The lowest BCUT2D eigenvalue weighted by Crippen LogP contribution is -2.29. The van der Waals surface area contributed by atoms with E-state index in [1.807, 2.05) is 35.8 Å². The van der Waals surface area contributed by atoms with Crippen molar-refractivity contribution < 1.29 is 14.7 Å². The van der Waals surface area contributed by atoms with Crippen molar-refractivity contribution in [3.8, 4) is 5.69 Å². The number of hydrogen-bond donors (Lipinski definition) is 2. The van der Waals surface area contributed by atoms with Gasteiger partial charge in [0.05, 0.1) is 17.9 Å². The van der Waals surface area contributed by atoms with Crippen LogP contribution < -0.4 is 5.32 Å². The maximum Gasteiger partial charge on any atom is 0.322 e. The molecule has 0 spiro atoms. The summed E-state index contributed by atoms with van der Waals surface area (Å²) in [5.41, 5.74) is 4.25. The molecule has 1 aliphatic rings. The molecule has 0 bridgehead atoms. The summed E-state index contributed by atoms with van der Waals surface area (Å²) in [7, 11) is 0. The first-order valence-electron chi connectivity index (χ1n) is 8.93. The predicted molar refractivity (Wildman–Crippen MR) is 109 cm³/mol. The van der Waals surface area contributed by atoms with Gasteiger partial charge in [-0.3, -0.25) is 19.1 Å². The molecule has 146 valence electrons. The molecule has 0 saturated heterocycles. The molecule has 2 heterocycles. The van der Waals surface area contributed by atoms with E-state index in [2.05, 4.69) is 10.3 Å². The number of aryl methyl sites for hydroxylation is 1. The van der Waals surface area contributed by atoms with Gasteiger partial charge in [0.2, 0.25) is 0 Å². The van der Waals surface area contributed by atoms with Crippen LogP contribution in [0.1, 0.15) is 33.0 Å². The maximum absolute atomic E-state index is 12.4. The molecule has 8 heteroatoms. The third-order valence-electron chi connectivity index (χ3n) is 4.67. The Morgan fingerprint density at radius 3 is 2.76 bits per heavy atom. The number of carboxylic acid groups (broad SMARTS) is 1. The second-order valence-corrected chi connectivity index (χ2v) is 7.01.